The third-order valence-corrected chi connectivity index (χ3v) is 4.89. The van der Waals surface area contributed by atoms with Crippen molar-refractivity contribution in [2.75, 3.05) is 13.2 Å². The van der Waals surface area contributed by atoms with E-state index in [-0.39, 0.29) is 12.0 Å². The number of amides is 1. The summed E-state index contributed by atoms with van der Waals surface area (Å²) < 4.78 is 7.86. The summed E-state index contributed by atoms with van der Waals surface area (Å²) in [6.07, 6.45) is 7.02. The van der Waals surface area contributed by atoms with Crippen molar-refractivity contribution in [2.45, 2.75) is 51.2 Å². The summed E-state index contributed by atoms with van der Waals surface area (Å²) in [5, 5.41) is 2.98. The Morgan fingerprint density at radius 1 is 1.30 bits per heavy atom. The molecule has 0 radical (unpaired) electrons. The van der Waals surface area contributed by atoms with Gasteiger partial charge in [0.2, 0.25) is 0 Å². The number of nitrogens with zero attached hydrogens (tertiary/aromatic N) is 2. The number of benzene rings is 1. The average Bonchev–Trinajstić information content (AvgIpc) is 3.14. The average molecular weight is 313 g/mol. The number of imidazole rings is 1. The summed E-state index contributed by atoms with van der Waals surface area (Å²) in [6, 6.07) is 5.87. The number of aromatic nitrogens is 2. The van der Waals surface area contributed by atoms with Crippen molar-refractivity contribution in [3.63, 3.8) is 0 Å². The van der Waals surface area contributed by atoms with E-state index in [0.717, 1.165) is 49.3 Å². The van der Waals surface area contributed by atoms with Gasteiger partial charge in [-0.15, -0.1) is 0 Å². The molecule has 1 atom stereocenters. The predicted molar refractivity (Wildman–Crippen MR) is 88.6 cm³/mol. The first-order valence-corrected chi connectivity index (χ1v) is 8.70. The number of nitrogens with one attached hydrogen (secondary N) is 1. The van der Waals surface area contributed by atoms with E-state index in [1.54, 1.807) is 0 Å². The molecule has 0 saturated carbocycles. The number of hydrogen-bond acceptors (Lipinski definition) is 3. The number of ether oxygens (including phenoxy) is 1. The summed E-state index contributed by atoms with van der Waals surface area (Å²) in [4.78, 5) is 17.1. The van der Waals surface area contributed by atoms with Crippen LogP contribution in [0.5, 0.6) is 0 Å². The lowest BCUT2D eigenvalue weighted by atomic mass is 10.1. The maximum absolute atomic E-state index is 12.3. The highest BCUT2D eigenvalue weighted by Gasteiger charge is 2.18. The van der Waals surface area contributed by atoms with E-state index in [1.165, 1.54) is 19.3 Å². The van der Waals surface area contributed by atoms with Crippen LogP contribution in [0.3, 0.4) is 0 Å². The Kier molecular flexibility index (Phi) is 4.04. The first kappa shape index (κ1) is 14.7. The van der Waals surface area contributed by atoms with Crippen LogP contribution in [-0.4, -0.2) is 34.7 Å². The van der Waals surface area contributed by atoms with E-state index in [4.69, 9.17) is 9.72 Å². The van der Waals surface area contributed by atoms with Gasteiger partial charge in [-0.2, -0.15) is 0 Å². The summed E-state index contributed by atoms with van der Waals surface area (Å²) in [6.45, 7) is 2.44. The molecule has 3 heterocycles. The lowest BCUT2D eigenvalue weighted by Gasteiger charge is -2.11. The zero-order valence-electron chi connectivity index (χ0n) is 13.4. The van der Waals surface area contributed by atoms with Gasteiger partial charge in [-0.05, 0) is 43.9 Å². The minimum atomic E-state index is -0.0365. The molecular weight excluding hydrogens is 290 g/mol. The Hall–Kier alpha value is -1.88. The van der Waals surface area contributed by atoms with E-state index in [9.17, 15) is 4.79 Å². The maximum atomic E-state index is 12.3. The Bertz CT molecular complexity index is 716. The molecule has 0 bridgehead atoms. The number of fused-ring (bicyclic) bond motifs is 3. The molecule has 2 aromatic rings. The Labute approximate surface area is 136 Å². The first-order chi connectivity index (χ1) is 11.3. The van der Waals surface area contributed by atoms with Crippen LogP contribution in [0.2, 0.25) is 0 Å². The third-order valence-electron chi connectivity index (χ3n) is 4.89. The monoisotopic (exact) mass is 313 g/mol. The molecule has 0 spiro atoms. The van der Waals surface area contributed by atoms with Crippen LogP contribution in [0, 0.1) is 0 Å². The minimum Gasteiger partial charge on any atom is -0.376 e. The highest BCUT2D eigenvalue weighted by Crippen LogP contribution is 2.23. The van der Waals surface area contributed by atoms with Crippen LogP contribution < -0.4 is 5.32 Å². The van der Waals surface area contributed by atoms with Crippen molar-refractivity contribution in [2.24, 2.45) is 0 Å². The van der Waals surface area contributed by atoms with Gasteiger partial charge in [-0.3, -0.25) is 4.79 Å². The number of aryl methyl sites for hydroxylation is 2. The molecule has 1 amide bonds. The molecule has 23 heavy (non-hydrogen) atoms. The lowest BCUT2D eigenvalue weighted by Crippen LogP contribution is -2.31. The number of rotatable bonds is 3. The molecule has 5 nitrogen and oxygen atoms in total. The van der Waals surface area contributed by atoms with Gasteiger partial charge in [0.05, 0.1) is 17.1 Å². The van der Waals surface area contributed by atoms with Gasteiger partial charge >= 0.3 is 0 Å². The normalized spacial score (nSPS) is 21.1. The van der Waals surface area contributed by atoms with Gasteiger partial charge < -0.3 is 14.6 Å². The zero-order valence-corrected chi connectivity index (χ0v) is 13.4. The number of hydrogen-bond donors (Lipinski definition) is 1. The molecule has 1 fully saturated rings. The van der Waals surface area contributed by atoms with Crippen molar-refractivity contribution >= 4 is 16.9 Å². The molecule has 1 unspecified atom stereocenters. The van der Waals surface area contributed by atoms with Crippen molar-refractivity contribution < 1.29 is 9.53 Å². The van der Waals surface area contributed by atoms with Crippen LogP contribution in [0.1, 0.15) is 48.3 Å². The number of carbonyl (C=O) groups is 1. The second-order valence-corrected chi connectivity index (χ2v) is 6.54. The van der Waals surface area contributed by atoms with E-state index in [1.807, 2.05) is 18.2 Å². The highest BCUT2D eigenvalue weighted by atomic mass is 16.5. The minimum absolute atomic E-state index is 0.0365. The van der Waals surface area contributed by atoms with Gasteiger partial charge in [0, 0.05) is 31.7 Å². The van der Waals surface area contributed by atoms with Crippen LogP contribution in [-0.2, 0) is 17.7 Å². The van der Waals surface area contributed by atoms with Crippen molar-refractivity contribution in [1.29, 1.82) is 0 Å². The molecule has 1 aromatic carbocycles. The Morgan fingerprint density at radius 3 is 3.13 bits per heavy atom. The van der Waals surface area contributed by atoms with Gasteiger partial charge in [0.1, 0.15) is 5.82 Å². The summed E-state index contributed by atoms with van der Waals surface area (Å²) in [5.41, 5.74) is 2.77. The molecular formula is C18H23N3O2. The zero-order chi connectivity index (χ0) is 15.6. The molecule has 1 aromatic heterocycles. The fourth-order valence-electron chi connectivity index (χ4n) is 3.61. The molecule has 1 saturated heterocycles. The standard InChI is InChI=1S/C18H23N3O2/c22-18(19-12-14-5-4-10-23-14)13-7-8-16-15(11-13)20-17-6-2-1-3-9-21(16)17/h7-8,11,14H,1-6,9-10,12H2,(H,19,22). The highest BCUT2D eigenvalue weighted by molar-refractivity contribution is 5.97. The molecule has 5 heteroatoms. The topological polar surface area (TPSA) is 56.1 Å². The van der Waals surface area contributed by atoms with Crippen LogP contribution in [0.4, 0.5) is 0 Å². The molecule has 122 valence electrons. The fourth-order valence-corrected chi connectivity index (χ4v) is 3.61. The van der Waals surface area contributed by atoms with Crippen LogP contribution in [0.15, 0.2) is 18.2 Å². The van der Waals surface area contributed by atoms with Gasteiger partial charge in [-0.25, -0.2) is 4.98 Å². The van der Waals surface area contributed by atoms with E-state index in [2.05, 4.69) is 9.88 Å². The summed E-state index contributed by atoms with van der Waals surface area (Å²) >= 11 is 0. The Morgan fingerprint density at radius 2 is 2.26 bits per heavy atom. The molecule has 0 aliphatic carbocycles. The van der Waals surface area contributed by atoms with Gasteiger partial charge in [-0.1, -0.05) is 6.42 Å². The SMILES string of the molecule is O=C(NCC1CCCO1)c1ccc2c(c1)nc1n2CCCCC1. The summed E-state index contributed by atoms with van der Waals surface area (Å²) in [5.74, 6) is 1.13. The van der Waals surface area contributed by atoms with E-state index < -0.39 is 0 Å². The Balaban J connectivity index is 1.53. The van der Waals surface area contributed by atoms with Crippen LogP contribution in [0.25, 0.3) is 11.0 Å². The maximum Gasteiger partial charge on any atom is 0.251 e. The van der Waals surface area contributed by atoms with E-state index in [0.29, 0.717) is 12.1 Å². The molecule has 1 N–H and O–H groups in total. The van der Waals surface area contributed by atoms with Gasteiger partial charge in [0.25, 0.3) is 5.91 Å². The van der Waals surface area contributed by atoms with E-state index >= 15 is 0 Å². The first-order valence-electron chi connectivity index (χ1n) is 8.70. The summed E-state index contributed by atoms with van der Waals surface area (Å²) in [7, 11) is 0. The number of carbonyl (C=O) groups excluding carboxylic acids is 1. The van der Waals surface area contributed by atoms with Crippen molar-refractivity contribution in [1.82, 2.24) is 14.9 Å². The third kappa shape index (κ3) is 2.98. The predicted octanol–water partition coefficient (Wildman–Crippen LogP) is 2.67. The van der Waals surface area contributed by atoms with Gasteiger partial charge in [0.15, 0.2) is 0 Å². The second-order valence-electron chi connectivity index (χ2n) is 6.54. The lowest BCUT2D eigenvalue weighted by molar-refractivity contribution is 0.0858. The fraction of sp³-hybridized carbons (Fsp3) is 0.556. The second kappa shape index (κ2) is 6.32. The molecule has 4 rings (SSSR count). The molecule has 2 aliphatic rings. The largest absolute Gasteiger partial charge is 0.376 e. The quantitative estimate of drug-likeness (QED) is 0.948. The van der Waals surface area contributed by atoms with Crippen LogP contribution >= 0.6 is 0 Å². The van der Waals surface area contributed by atoms with Crippen molar-refractivity contribution in [3.8, 4) is 0 Å². The smallest absolute Gasteiger partial charge is 0.251 e. The molecule has 2 aliphatic heterocycles. The van der Waals surface area contributed by atoms with Crippen molar-refractivity contribution in [3.05, 3.63) is 29.6 Å².